The molecule has 0 unspecified atom stereocenters. The van der Waals surface area contributed by atoms with Gasteiger partial charge in [-0.15, -0.1) is 0 Å². The molecule has 1 aromatic rings. The van der Waals surface area contributed by atoms with Gasteiger partial charge in [-0.1, -0.05) is 6.07 Å². The van der Waals surface area contributed by atoms with Gasteiger partial charge in [-0.05, 0) is 38.9 Å². The molecule has 0 aliphatic heterocycles. The van der Waals surface area contributed by atoms with Gasteiger partial charge in [0, 0.05) is 18.7 Å². The first-order valence-electron chi connectivity index (χ1n) is 6.04. The molecule has 0 spiro atoms. The van der Waals surface area contributed by atoms with Crippen molar-refractivity contribution in [2.24, 2.45) is 5.73 Å². The largest absolute Gasteiger partial charge is 0.334 e. The van der Waals surface area contributed by atoms with Crippen molar-refractivity contribution in [2.45, 2.75) is 39.3 Å². The van der Waals surface area contributed by atoms with Gasteiger partial charge in [0.1, 0.15) is 0 Å². The number of nitrogens with zero attached hydrogens (tertiary/aromatic N) is 2. The van der Waals surface area contributed by atoms with Crippen molar-refractivity contribution < 1.29 is 4.79 Å². The number of hydrogen-bond donors (Lipinski definition) is 1. The summed E-state index contributed by atoms with van der Waals surface area (Å²) < 4.78 is 0. The van der Waals surface area contributed by atoms with E-state index in [9.17, 15) is 4.79 Å². The fourth-order valence-corrected chi connectivity index (χ4v) is 1.62. The predicted molar refractivity (Wildman–Crippen MR) is 68.2 cm³/mol. The summed E-state index contributed by atoms with van der Waals surface area (Å²) in [6, 6.07) is 5.93. The lowest BCUT2D eigenvalue weighted by atomic mass is 10.2. The van der Waals surface area contributed by atoms with Crippen molar-refractivity contribution in [2.75, 3.05) is 6.54 Å². The zero-order chi connectivity index (χ0) is 12.7. The molecule has 0 radical (unpaired) electrons. The van der Waals surface area contributed by atoms with Crippen LogP contribution in [0.3, 0.4) is 0 Å². The normalized spacial score (nSPS) is 10.6. The standard InChI is InChI=1S/C13H21N3O/c1-11(2)16(13(17)7-5-8-14)10-12-6-3-4-9-15-12/h3-4,6,9,11H,5,7-8,10,14H2,1-2H3. The molecule has 0 aliphatic carbocycles. The summed E-state index contributed by atoms with van der Waals surface area (Å²) in [6.07, 6.45) is 3.00. The minimum Gasteiger partial charge on any atom is -0.334 e. The fourth-order valence-electron chi connectivity index (χ4n) is 1.62. The topological polar surface area (TPSA) is 59.2 Å². The summed E-state index contributed by atoms with van der Waals surface area (Å²) in [7, 11) is 0. The van der Waals surface area contributed by atoms with E-state index in [1.54, 1.807) is 6.20 Å². The lowest BCUT2D eigenvalue weighted by Gasteiger charge is -2.26. The summed E-state index contributed by atoms with van der Waals surface area (Å²) in [5.74, 6) is 0.149. The molecular formula is C13H21N3O. The van der Waals surface area contributed by atoms with E-state index in [-0.39, 0.29) is 11.9 Å². The number of carbonyl (C=O) groups is 1. The van der Waals surface area contributed by atoms with Crippen LogP contribution < -0.4 is 5.73 Å². The Balaban J connectivity index is 2.63. The minimum atomic E-state index is 0.149. The molecular weight excluding hydrogens is 214 g/mol. The van der Waals surface area contributed by atoms with E-state index >= 15 is 0 Å². The molecule has 1 amide bonds. The van der Waals surface area contributed by atoms with E-state index in [0.717, 1.165) is 12.1 Å². The van der Waals surface area contributed by atoms with Gasteiger partial charge in [-0.25, -0.2) is 0 Å². The van der Waals surface area contributed by atoms with Gasteiger partial charge in [0.2, 0.25) is 5.91 Å². The average molecular weight is 235 g/mol. The molecule has 0 aliphatic rings. The molecule has 17 heavy (non-hydrogen) atoms. The molecule has 4 nitrogen and oxygen atoms in total. The lowest BCUT2D eigenvalue weighted by Crippen LogP contribution is -2.36. The number of carbonyl (C=O) groups excluding carboxylic acids is 1. The molecule has 2 N–H and O–H groups in total. The average Bonchev–Trinajstić information content (AvgIpc) is 2.34. The zero-order valence-electron chi connectivity index (χ0n) is 10.6. The second-order valence-corrected chi connectivity index (χ2v) is 4.33. The number of aromatic nitrogens is 1. The van der Waals surface area contributed by atoms with E-state index in [0.29, 0.717) is 19.5 Å². The highest BCUT2D eigenvalue weighted by Crippen LogP contribution is 2.08. The second kappa shape index (κ2) is 7.01. The van der Waals surface area contributed by atoms with Gasteiger partial charge in [0.15, 0.2) is 0 Å². The predicted octanol–water partition coefficient (Wildman–Crippen LogP) is 1.56. The molecule has 1 rings (SSSR count). The first-order valence-corrected chi connectivity index (χ1v) is 6.04. The van der Waals surface area contributed by atoms with Crippen LogP contribution in [0.1, 0.15) is 32.4 Å². The van der Waals surface area contributed by atoms with Gasteiger partial charge in [0.25, 0.3) is 0 Å². The van der Waals surface area contributed by atoms with Crippen LogP contribution in [-0.4, -0.2) is 28.4 Å². The molecule has 0 saturated heterocycles. The Kier molecular flexibility index (Phi) is 5.63. The first kappa shape index (κ1) is 13.6. The van der Waals surface area contributed by atoms with E-state index in [2.05, 4.69) is 4.98 Å². The SMILES string of the molecule is CC(C)N(Cc1ccccn1)C(=O)CCCN. The highest BCUT2D eigenvalue weighted by atomic mass is 16.2. The monoisotopic (exact) mass is 235 g/mol. The van der Waals surface area contributed by atoms with Gasteiger partial charge in [-0.3, -0.25) is 9.78 Å². The second-order valence-electron chi connectivity index (χ2n) is 4.33. The van der Waals surface area contributed by atoms with Crippen LogP contribution in [0.25, 0.3) is 0 Å². The van der Waals surface area contributed by atoms with Crippen LogP contribution in [0, 0.1) is 0 Å². The molecule has 94 valence electrons. The summed E-state index contributed by atoms with van der Waals surface area (Å²) >= 11 is 0. The number of amides is 1. The van der Waals surface area contributed by atoms with Crippen molar-refractivity contribution in [1.82, 2.24) is 9.88 Å². The summed E-state index contributed by atoms with van der Waals surface area (Å²) in [6.45, 7) is 5.16. The van der Waals surface area contributed by atoms with Crippen molar-refractivity contribution in [3.63, 3.8) is 0 Å². The van der Waals surface area contributed by atoms with Crippen LogP contribution in [0.2, 0.25) is 0 Å². The molecule has 1 aromatic heterocycles. The highest BCUT2D eigenvalue weighted by Gasteiger charge is 2.16. The van der Waals surface area contributed by atoms with Crippen LogP contribution in [0.5, 0.6) is 0 Å². The Bertz CT molecular complexity index is 338. The van der Waals surface area contributed by atoms with E-state index in [1.165, 1.54) is 0 Å². The summed E-state index contributed by atoms with van der Waals surface area (Å²) in [5.41, 5.74) is 6.34. The molecule has 0 fully saturated rings. The minimum absolute atomic E-state index is 0.149. The quantitative estimate of drug-likeness (QED) is 0.814. The van der Waals surface area contributed by atoms with Crippen molar-refractivity contribution in [3.05, 3.63) is 30.1 Å². The maximum atomic E-state index is 12.0. The number of hydrogen-bond acceptors (Lipinski definition) is 3. The zero-order valence-corrected chi connectivity index (χ0v) is 10.6. The Morgan fingerprint density at radius 2 is 2.24 bits per heavy atom. The molecule has 1 heterocycles. The maximum Gasteiger partial charge on any atom is 0.223 e. The molecule has 0 atom stereocenters. The van der Waals surface area contributed by atoms with Crippen LogP contribution >= 0.6 is 0 Å². The number of nitrogens with two attached hydrogens (primary N) is 1. The first-order chi connectivity index (χ1) is 8.15. The van der Waals surface area contributed by atoms with E-state index < -0.39 is 0 Å². The molecule has 4 heteroatoms. The molecule has 0 saturated carbocycles. The van der Waals surface area contributed by atoms with Crippen LogP contribution in [0.15, 0.2) is 24.4 Å². The Labute approximate surface area is 103 Å². The third kappa shape index (κ3) is 4.53. The molecule has 0 bridgehead atoms. The number of pyridine rings is 1. The van der Waals surface area contributed by atoms with Crippen molar-refractivity contribution in [1.29, 1.82) is 0 Å². The Morgan fingerprint density at radius 3 is 2.76 bits per heavy atom. The van der Waals surface area contributed by atoms with Gasteiger partial charge < -0.3 is 10.6 Å². The Hall–Kier alpha value is -1.42. The smallest absolute Gasteiger partial charge is 0.223 e. The van der Waals surface area contributed by atoms with E-state index in [4.69, 9.17) is 5.73 Å². The third-order valence-electron chi connectivity index (χ3n) is 2.60. The van der Waals surface area contributed by atoms with Crippen LogP contribution in [0.4, 0.5) is 0 Å². The molecule has 0 aromatic carbocycles. The van der Waals surface area contributed by atoms with Crippen LogP contribution in [-0.2, 0) is 11.3 Å². The lowest BCUT2D eigenvalue weighted by molar-refractivity contribution is -0.133. The summed E-state index contributed by atoms with van der Waals surface area (Å²) in [5, 5.41) is 0. The van der Waals surface area contributed by atoms with Gasteiger partial charge in [-0.2, -0.15) is 0 Å². The summed E-state index contributed by atoms with van der Waals surface area (Å²) in [4.78, 5) is 18.1. The Morgan fingerprint density at radius 1 is 1.47 bits per heavy atom. The van der Waals surface area contributed by atoms with Crippen molar-refractivity contribution >= 4 is 5.91 Å². The third-order valence-corrected chi connectivity index (χ3v) is 2.60. The van der Waals surface area contributed by atoms with Gasteiger partial charge >= 0.3 is 0 Å². The van der Waals surface area contributed by atoms with E-state index in [1.807, 2.05) is 36.9 Å². The maximum absolute atomic E-state index is 12.0. The fraction of sp³-hybridized carbons (Fsp3) is 0.538. The van der Waals surface area contributed by atoms with Gasteiger partial charge in [0.05, 0.1) is 12.2 Å². The number of rotatable bonds is 6. The highest BCUT2D eigenvalue weighted by molar-refractivity contribution is 5.76. The van der Waals surface area contributed by atoms with Crippen molar-refractivity contribution in [3.8, 4) is 0 Å².